The van der Waals surface area contributed by atoms with Crippen molar-refractivity contribution in [3.8, 4) is 5.75 Å². The lowest BCUT2D eigenvalue weighted by molar-refractivity contribution is -0.116. The van der Waals surface area contributed by atoms with Gasteiger partial charge in [-0.1, -0.05) is 31.2 Å². The van der Waals surface area contributed by atoms with E-state index in [1.54, 1.807) is 18.3 Å². The predicted octanol–water partition coefficient (Wildman–Crippen LogP) is 5.78. The van der Waals surface area contributed by atoms with Crippen LogP contribution < -0.4 is 20.3 Å². The van der Waals surface area contributed by atoms with Gasteiger partial charge in [0.2, 0.25) is 0 Å². The van der Waals surface area contributed by atoms with Gasteiger partial charge in [0.1, 0.15) is 11.5 Å². The lowest BCUT2D eigenvalue weighted by Crippen LogP contribution is -2.44. The molecule has 1 aliphatic carbocycles. The highest BCUT2D eigenvalue weighted by Crippen LogP contribution is 2.47. The van der Waals surface area contributed by atoms with Crippen LogP contribution in [0.4, 0.5) is 16.2 Å². The van der Waals surface area contributed by atoms with Gasteiger partial charge in [-0.2, -0.15) is 0 Å². The summed E-state index contributed by atoms with van der Waals surface area (Å²) >= 11 is 0. The van der Waals surface area contributed by atoms with Gasteiger partial charge in [-0.3, -0.25) is 9.69 Å². The molecule has 7 nitrogen and oxygen atoms in total. The maximum Gasteiger partial charge on any atom is 0.322 e. The van der Waals surface area contributed by atoms with Crippen molar-refractivity contribution in [3.63, 3.8) is 0 Å². The predicted molar refractivity (Wildman–Crippen MR) is 135 cm³/mol. The smallest absolute Gasteiger partial charge is 0.322 e. The van der Waals surface area contributed by atoms with Gasteiger partial charge < -0.3 is 19.8 Å². The number of rotatable bonds is 5. The summed E-state index contributed by atoms with van der Waals surface area (Å²) in [4.78, 5) is 29.1. The molecule has 2 aromatic carbocycles. The fourth-order valence-corrected chi connectivity index (χ4v) is 4.96. The number of ketones is 1. The Labute approximate surface area is 204 Å². The molecule has 0 unspecified atom stereocenters. The van der Waals surface area contributed by atoms with Crippen LogP contribution in [0, 0.1) is 0 Å². The molecular weight excluding hydrogens is 442 g/mol. The largest absolute Gasteiger partial charge is 0.497 e. The first kappa shape index (κ1) is 22.8. The van der Waals surface area contributed by atoms with Crippen molar-refractivity contribution in [1.29, 1.82) is 0 Å². The summed E-state index contributed by atoms with van der Waals surface area (Å²) in [6, 6.07) is 18.2. The summed E-state index contributed by atoms with van der Waals surface area (Å²) in [6.07, 6.45) is 3.38. The standard InChI is InChI=1S/C28H29N3O4/c1-3-14-29-28(33)31-23-8-5-4-7-21(23)30-22-16-19(25-9-6-15-35-25)17-24(32)26(22)27(31)18-10-12-20(34-2)13-11-18/h4-13,15,19,27,30H,3,14,16-17H2,1-2H3,(H,29,33)/t19-,27-/m1/s1. The highest BCUT2D eigenvalue weighted by molar-refractivity contribution is 6.06. The summed E-state index contributed by atoms with van der Waals surface area (Å²) in [5, 5.41) is 6.54. The molecule has 0 saturated carbocycles. The Balaban J connectivity index is 1.69. The summed E-state index contributed by atoms with van der Waals surface area (Å²) in [6.45, 7) is 2.56. The number of hydrogen-bond acceptors (Lipinski definition) is 5. The number of allylic oxidation sites excluding steroid dienone is 1. The number of hydrogen-bond donors (Lipinski definition) is 2. The summed E-state index contributed by atoms with van der Waals surface area (Å²) in [5.41, 5.74) is 3.78. The Morgan fingerprint density at radius 2 is 1.91 bits per heavy atom. The Morgan fingerprint density at radius 3 is 2.63 bits per heavy atom. The number of carbonyl (C=O) groups excluding carboxylic acids is 2. The maximum atomic E-state index is 13.8. The van der Waals surface area contributed by atoms with Gasteiger partial charge in [-0.15, -0.1) is 0 Å². The molecule has 2 aliphatic rings. The fourth-order valence-electron chi connectivity index (χ4n) is 4.96. The van der Waals surface area contributed by atoms with E-state index in [9.17, 15) is 9.59 Å². The van der Waals surface area contributed by atoms with Crippen LogP contribution in [0.2, 0.25) is 0 Å². The van der Waals surface area contributed by atoms with Crippen LogP contribution in [-0.4, -0.2) is 25.5 Å². The number of ether oxygens (including phenoxy) is 1. The lowest BCUT2D eigenvalue weighted by Gasteiger charge is -2.34. The molecule has 0 radical (unpaired) electrons. The van der Waals surface area contributed by atoms with Gasteiger partial charge in [0, 0.05) is 30.2 Å². The summed E-state index contributed by atoms with van der Waals surface area (Å²) < 4.78 is 11.0. The van der Waals surface area contributed by atoms with E-state index in [1.165, 1.54) is 0 Å². The molecular formula is C28H29N3O4. The van der Waals surface area contributed by atoms with Gasteiger partial charge in [-0.25, -0.2) is 4.79 Å². The number of furan rings is 1. The average molecular weight is 472 g/mol. The number of fused-ring (bicyclic) bond motifs is 1. The van der Waals surface area contributed by atoms with E-state index >= 15 is 0 Å². The van der Waals surface area contributed by atoms with E-state index in [4.69, 9.17) is 9.15 Å². The molecule has 0 bridgehead atoms. The van der Waals surface area contributed by atoms with E-state index in [-0.39, 0.29) is 17.7 Å². The molecule has 5 rings (SSSR count). The number of methoxy groups -OCH3 is 1. The molecule has 2 heterocycles. The van der Waals surface area contributed by atoms with E-state index in [0.717, 1.165) is 34.8 Å². The van der Waals surface area contributed by atoms with Crippen LogP contribution in [0.25, 0.3) is 0 Å². The number of carbonyl (C=O) groups is 2. The first-order valence-corrected chi connectivity index (χ1v) is 12.0. The van der Waals surface area contributed by atoms with Crippen molar-refractivity contribution < 1.29 is 18.7 Å². The molecule has 0 saturated heterocycles. The zero-order valence-corrected chi connectivity index (χ0v) is 19.9. The molecule has 1 aliphatic heterocycles. The molecule has 0 fully saturated rings. The second-order valence-corrected chi connectivity index (χ2v) is 8.86. The third-order valence-electron chi connectivity index (χ3n) is 6.61. The monoisotopic (exact) mass is 471 g/mol. The third kappa shape index (κ3) is 4.30. The normalized spacial score (nSPS) is 19.4. The van der Waals surface area contributed by atoms with Gasteiger partial charge >= 0.3 is 6.03 Å². The van der Waals surface area contributed by atoms with Gasteiger partial charge in [0.05, 0.1) is 30.8 Å². The van der Waals surface area contributed by atoms with Gasteiger partial charge in [-0.05, 0) is 54.8 Å². The highest BCUT2D eigenvalue weighted by Gasteiger charge is 2.42. The van der Waals surface area contributed by atoms with Crippen LogP contribution in [0.1, 0.15) is 49.5 Å². The number of amides is 2. The Morgan fingerprint density at radius 1 is 1.11 bits per heavy atom. The summed E-state index contributed by atoms with van der Waals surface area (Å²) in [7, 11) is 1.62. The zero-order chi connectivity index (χ0) is 24.4. The van der Waals surface area contributed by atoms with E-state index in [0.29, 0.717) is 30.7 Å². The minimum Gasteiger partial charge on any atom is -0.497 e. The molecule has 180 valence electrons. The minimum absolute atomic E-state index is 0.00191. The number of para-hydroxylation sites is 2. The fraction of sp³-hybridized carbons (Fsp3) is 0.286. The van der Waals surface area contributed by atoms with Crippen LogP contribution in [0.5, 0.6) is 5.75 Å². The average Bonchev–Trinajstić information content (AvgIpc) is 3.37. The van der Waals surface area contributed by atoms with E-state index in [2.05, 4.69) is 10.6 Å². The number of nitrogens with one attached hydrogen (secondary N) is 2. The Kier molecular flexibility index (Phi) is 6.31. The van der Waals surface area contributed by atoms with Crippen molar-refractivity contribution in [2.75, 3.05) is 23.9 Å². The molecule has 7 heteroatoms. The Bertz CT molecular complexity index is 1250. The topological polar surface area (TPSA) is 83.8 Å². The first-order valence-electron chi connectivity index (χ1n) is 12.0. The molecule has 2 amide bonds. The molecule has 0 spiro atoms. The molecule has 2 atom stereocenters. The Hall–Kier alpha value is -4.00. The van der Waals surface area contributed by atoms with E-state index < -0.39 is 6.04 Å². The van der Waals surface area contributed by atoms with Crippen molar-refractivity contribution in [2.24, 2.45) is 0 Å². The number of urea groups is 1. The van der Waals surface area contributed by atoms with Crippen molar-refractivity contribution in [3.05, 3.63) is 89.5 Å². The zero-order valence-electron chi connectivity index (χ0n) is 19.9. The van der Waals surface area contributed by atoms with Crippen LogP contribution in [-0.2, 0) is 4.79 Å². The molecule has 35 heavy (non-hydrogen) atoms. The number of anilines is 2. The van der Waals surface area contributed by atoms with Crippen LogP contribution >= 0.6 is 0 Å². The molecule has 1 aromatic heterocycles. The van der Waals surface area contributed by atoms with Crippen molar-refractivity contribution in [2.45, 2.75) is 38.1 Å². The SMILES string of the molecule is CCCNC(=O)N1c2ccccc2NC2=C(C(=O)C[C@H](c3ccco3)C2)[C@H]1c1ccc(OC)cc1. The number of benzene rings is 2. The van der Waals surface area contributed by atoms with Crippen LogP contribution in [0.15, 0.2) is 82.6 Å². The second-order valence-electron chi connectivity index (χ2n) is 8.86. The lowest BCUT2D eigenvalue weighted by atomic mass is 9.80. The van der Waals surface area contributed by atoms with Gasteiger partial charge in [0.15, 0.2) is 5.78 Å². The highest BCUT2D eigenvalue weighted by atomic mass is 16.5. The third-order valence-corrected chi connectivity index (χ3v) is 6.61. The molecule has 3 aromatic rings. The van der Waals surface area contributed by atoms with Crippen molar-refractivity contribution in [1.82, 2.24) is 5.32 Å². The summed E-state index contributed by atoms with van der Waals surface area (Å²) in [5.74, 6) is 1.45. The van der Waals surface area contributed by atoms with Gasteiger partial charge in [0.25, 0.3) is 0 Å². The first-order chi connectivity index (χ1) is 17.1. The maximum absolute atomic E-state index is 13.8. The second kappa shape index (κ2) is 9.70. The number of nitrogens with zero attached hydrogens (tertiary/aromatic N) is 1. The number of Topliss-reactive ketones (excluding diaryl/α,β-unsaturated/α-hetero) is 1. The minimum atomic E-state index is -0.589. The van der Waals surface area contributed by atoms with E-state index in [1.807, 2.05) is 67.6 Å². The van der Waals surface area contributed by atoms with Crippen molar-refractivity contribution >= 4 is 23.2 Å². The quantitative estimate of drug-likeness (QED) is 0.493. The molecule has 2 N–H and O–H groups in total. The van der Waals surface area contributed by atoms with Crippen LogP contribution in [0.3, 0.4) is 0 Å².